The predicted molar refractivity (Wildman–Crippen MR) is 65.9 cm³/mol. The topological polar surface area (TPSA) is 73.6 Å². The number of aromatic nitrogens is 5. The van der Waals surface area contributed by atoms with Crippen molar-refractivity contribution in [1.29, 1.82) is 0 Å². The first-order valence-corrected chi connectivity index (χ1v) is 7.31. The molecule has 8 heteroatoms. The first kappa shape index (κ1) is 12.3. The Kier molecular flexibility index (Phi) is 3.09. The Labute approximate surface area is 106 Å². The van der Waals surface area contributed by atoms with Gasteiger partial charge in [0.2, 0.25) is 10.3 Å². The van der Waals surface area contributed by atoms with Crippen LogP contribution in [0, 0.1) is 0 Å². The molecule has 0 saturated carbocycles. The van der Waals surface area contributed by atoms with Crippen molar-refractivity contribution in [2.45, 2.75) is 31.3 Å². The quantitative estimate of drug-likeness (QED) is 0.819. The number of hydrogen-bond acceptors (Lipinski definition) is 6. The van der Waals surface area contributed by atoms with Crippen LogP contribution in [-0.2, 0) is 16.2 Å². The highest BCUT2D eigenvalue weighted by molar-refractivity contribution is 7.84. The smallest absolute Gasteiger partial charge is 0.227 e. The van der Waals surface area contributed by atoms with Crippen molar-refractivity contribution in [3.05, 3.63) is 12.2 Å². The number of rotatable bonds is 2. The molecule has 2 heterocycles. The molecule has 2 rings (SSSR count). The van der Waals surface area contributed by atoms with E-state index in [2.05, 4.69) is 19.6 Å². The third-order valence-corrected chi connectivity index (χ3v) is 3.57. The van der Waals surface area contributed by atoms with Crippen molar-refractivity contribution >= 4 is 22.3 Å². The highest BCUT2D eigenvalue weighted by atomic mass is 32.2. The average Bonchev–Trinajstić information content (AvgIpc) is 2.85. The summed E-state index contributed by atoms with van der Waals surface area (Å²) >= 11 is 1.25. The second-order valence-electron chi connectivity index (χ2n) is 4.59. The van der Waals surface area contributed by atoms with Crippen molar-refractivity contribution < 1.29 is 4.21 Å². The van der Waals surface area contributed by atoms with Gasteiger partial charge < -0.3 is 0 Å². The van der Waals surface area contributed by atoms with Crippen molar-refractivity contribution in [2.75, 3.05) is 6.26 Å². The maximum absolute atomic E-state index is 11.4. The van der Waals surface area contributed by atoms with E-state index >= 15 is 0 Å². The summed E-state index contributed by atoms with van der Waals surface area (Å²) in [7, 11) is -1.19. The molecule has 0 aliphatic rings. The molecule has 0 aliphatic carbocycles. The summed E-state index contributed by atoms with van der Waals surface area (Å²) in [5, 5.41) is 8.60. The van der Waals surface area contributed by atoms with Gasteiger partial charge in [0.25, 0.3) is 0 Å². The second kappa shape index (κ2) is 4.26. The molecule has 0 amide bonds. The zero-order valence-electron chi connectivity index (χ0n) is 10.0. The lowest BCUT2D eigenvalue weighted by Gasteiger charge is -2.12. The monoisotopic (exact) mass is 271 g/mol. The molecule has 0 bridgehead atoms. The predicted octanol–water partition coefficient (Wildman–Crippen LogP) is 1.15. The number of nitrogens with zero attached hydrogens (tertiary/aromatic N) is 5. The van der Waals surface area contributed by atoms with Gasteiger partial charge in [0.15, 0.2) is 0 Å². The SMILES string of the molecule is C[S@](=O)c1nncn1-c1nc(C(C)(C)C)ns1. The fourth-order valence-corrected chi connectivity index (χ4v) is 2.63. The molecule has 0 spiro atoms. The van der Waals surface area contributed by atoms with Gasteiger partial charge in [-0.15, -0.1) is 10.2 Å². The van der Waals surface area contributed by atoms with Crippen LogP contribution >= 0.6 is 11.5 Å². The van der Waals surface area contributed by atoms with Crippen LogP contribution in [0.1, 0.15) is 26.6 Å². The van der Waals surface area contributed by atoms with E-state index in [9.17, 15) is 4.21 Å². The van der Waals surface area contributed by atoms with Crippen LogP contribution in [0.3, 0.4) is 0 Å². The van der Waals surface area contributed by atoms with E-state index in [1.807, 2.05) is 20.8 Å². The average molecular weight is 271 g/mol. The zero-order valence-corrected chi connectivity index (χ0v) is 11.7. The van der Waals surface area contributed by atoms with E-state index in [-0.39, 0.29) is 5.41 Å². The van der Waals surface area contributed by atoms with Crippen LogP contribution in [0.4, 0.5) is 0 Å². The van der Waals surface area contributed by atoms with Crippen LogP contribution in [0.5, 0.6) is 0 Å². The fourth-order valence-electron chi connectivity index (χ4n) is 1.17. The Morgan fingerprint density at radius 3 is 2.65 bits per heavy atom. The third-order valence-electron chi connectivity index (χ3n) is 2.07. The Morgan fingerprint density at radius 1 is 1.41 bits per heavy atom. The minimum atomic E-state index is -1.19. The summed E-state index contributed by atoms with van der Waals surface area (Å²) in [4.78, 5) is 4.42. The maximum atomic E-state index is 11.4. The normalized spacial score (nSPS) is 13.9. The molecule has 0 radical (unpaired) electrons. The van der Waals surface area contributed by atoms with Crippen molar-refractivity contribution in [1.82, 2.24) is 24.1 Å². The summed E-state index contributed by atoms with van der Waals surface area (Å²) in [5.41, 5.74) is -0.103. The van der Waals surface area contributed by atoms with Gasteiger partial charge in [-0.1, -0.05) is 20.8 Å². The molecule has 92 valence electrons. The molecule has 0 N–H and O–H groups in total. The highest BCUT2D eigenvalue weighted by Crippen LogP contribution is 2.23. The fraction of sp³-hybridized carbons (Fsp3) is 0.556. The second-order valence-corrected chi connectivity index (χ2v) is 6.59. The van der Waals surface area contributed by atoms with E-state index in [1.165, 1.54) is 17.9 Å². The molecule has 17 heavy (non-hydrogen) atoms. The Hall–Kier alpha value is -1.15. The van der Waals surface area contributed by atoms with Crippen LogP contribution < -0.4 is 0 Å². The van der Waals surface area contributed by atoms with Gasteiger partial charge in [-0.05, 0) is 0 Å². The lowest BCUT2D eigenvalue weighted by molar-refractivity contribution is 0.553. The van der Waals surface area contributed by atoms with E-state index in [4.69, 9.17) is 0 Å². The standard InChI is InChI=1S/C9H13N5OS2/c1-9(2,3)6-11-7(16-13-6)14-5-10-12-8(14)17(4)15/h5H,1-4H3/t17-/m0/s1. The highest BCUT2D eigenvalue weighted by Gasteiger charge is 2.21. The van der Waals surface area contributed by atoms with Gasteiger partial charge in [-0.25, -0.2) is 9.55 Å². The Balaban J connectivity index is 2.44. The van der Waals surface area contributed by atoms with Crippen molar-refractivity contribution in [2.24, 2.45) is 0 Å². The Bertz CT molecular complexity index is 554. The molecule has 0 fully saturated rings. The first-order chi connectivity index (χ1) is 7.89. The minimum Gasteiger partial charge on any atom is -0.251 e. The molecular weight excluding hydrogens is 258 g/mol. The van der Waals surface area contributed by atoms with Crippen LogP contribution in [0.25, 0.3) is 5.13 Å². The molecule has 2 aromatic heterocycles. The zero-order chi connectivity index (χ0) is 12.6. The largest absolute Gasteiger partial charge is 0.251 e. The van der Waals surface area contributed by atoms with Gasteiger partial charge in [-0.2, -0.15) is 4.37 Å². The van der Waals surface area contributed by atoms with E-state index < -0.39 is 10.8 Å². The Morgan fingerprint density at radius 2 is 2.12 bits per heavy atom. The van der Waals surface area contributed by atoms with E-state index in [1.54, 1.807) is 10.8 Å². The number of hydrogen-bond donors (Lipinski definition) is 0. The van der Waals surface area contributed by atoms with Gasteiger partial charge in [0, 0.05) is 23.2 Å². The molecule has 0 saturated heterocycles. The van der Waals surface area contributed by atoms with Gasteiger partial charge in [0.1, 0.15) is 12.2 Å². The molecular formula is C9H13N5OS2. The van der Waals surface area contributed by atoms with Gasteiger partial charge in [-0.3, -0.25) is 4.21 Å². The summed E-state index contributed by atoms with van der Waals surface area (Å²) in [6.07, 6.45) is 3.07. The van der Waals surface area contributed by atoms with E-state index in [0.717, 1.165) is 5.82 Å². The van der Waals surface area contributed by atoms with Gasteiger partial charge >= 0.3 is 0 Å². The summed E-state index contributed by atoms with van der Waals surface area (Å²) < 4.78 is 17.4. The lowest BCUT2D eigenvalue weighted by Crippen LogP contribution is -2.13. The molecule has 0 aliphatic heterocycles. The first-order valence-electron chi connectivity index (χ1n) is 4.97. The minimum absolute atomic E-state index is 0.103. The lowest BCUT2D eigenvalue weighted by atomic mass is 9.96. The van der Waals surface area contributed by atoms with Crippen molar-refractivity contribution in [3.63, 3.8) is 0 Å². The molecule has 0 aromatic carbocycles. The summed E-state index contributed by atoms with van der Waals surface area (Å²) in [6.45, 7) is 6.14. The van der Waals surface area contributed by atoms with Gasteiger partial charge in [0.05, 0.1) is 10.8 Å². The van der Waals surface area contributed by atoms with E-state index in [0.29, 0.717) is 10.3 Å². The molecule has 6 nitrogen and oxygen atoms in total. The molecule has 1 atom stereocenters. The van der Waals surface area contributed by atoms with Crippen LogP contribution in [-0.4, -0.2) is 34.6 Å². The van der Waals surface area contributed by atoms with Crippen LogP contribution in [0.15, 0.2) is 11.5 Å². The summed E-state index contributed by atoms with van der Waals surface area (Å²) in [6, 6.07) is 0. The maximum Gasteiger partial charge on any atom is 0.227 e. The third kappa shape index (κ3) is 2.42. The molecule has 0 unspecified atom stereocenters. The molecule has 2 aromatic rings. The summed E-state index contributed by atoms with van der Waals surface area (Å²) in [5.74, 6) is 0.763. The van der Waals surface area contributed by atoms with Crippen LogP contribution in [0.2, 0.25) is 0 Å². The van der Waals surface area contributed by atoms with Crippen molar-refractivity contribution in [3.8, 4) is 5.13 Å².